The number of primary sulfonamides is 1. The second-order valence-corrected chi connectivity index (χ2v) is 8.19. The highest BCUT2D eigenvalue weighted by molar-refractivity contribution is 7.89. The topological polar surface area (TPSA) is 102 Å². The van der Waals surface area contributed by atoms with Crippen LogP contribution in [0.3, 0.4) is 0 Å². The summed E-state index contributed by atoms with van der Waals surface area (Å²) in [5.41, 5.74) is 0.966. The molecule has 7 nitrogen and oxygen atoms in total. The van der Waals surface area contributed by atoms with Crippen molar-refractivity contribution in [1.29, 1.82) is 0 Å². The number of sulfonamides is 1. The van der Waals surface area contributed by atoms with Gasteiger partial charge in [-0.15, -0.1) is 21.5 Å². The Kier molecular flexibility index (Phi) is 5.00. The van der Waals surface area contributed by atoms with Crippen molar-refractivity contribution in [3.63, 3.8) is 0 Å². The summed E-state index contributed by atoms with van der Waals surface area (Å²) in [4.78, 5) is 3.08. The first-order chi connectivity index (χ1) is 11.8. The van der Waals surface area contributed by atoms with Crippen molar-refractivity contribution in [3.05, 3.63) is 53.2 Å². The predicted molar refractivity (Wildman–Crippen MR) is 95.3 cm³/mol. The lowest BCUT2D eigenvalue weighted by atomic mass is 10.1. The molecule has 9 heteroatoms. The first-order valence-electron chi connectivity index (χ1n) is 7.54. The van der Waals surface area contributed by atoms with Gasteiger partial charge < -0.3 is 4.42 Å². The van der Waals surface area contributed by atoms with E-state index in [-0.39, 0.29) is 10.9 Å². The fourth-order valence-electron chi connectivity index (χ4n) is 2.36. The monoisotopic (exact) mass is 378 g/mol. The Morgan fingerprint density at radius 3 is 2.56 bits per heavy atom. The summed E-state index contributed by atoms with van der Waals surface area (Å²) >= 11 is 1.55. The smallest absolute Gasteiger partial charge is 0.257 e. The fraction of sp³-hybridized carbons (Fsp3) is 0.250. The van der Waals surface area contributed by atoms with E-state index in [2.05, 4.69) is 10.2 Å². The van der Waals surface area contributed by atoms with Gasteiger partial charge in [-0.3, -0.25) is 4.90 Å². The van der Waals surface area contributed by atoms with Crippen LogP contribution in [0.1, 0.15) is 24.4 Å². The van der Waals surface area contributed by atoms with Crippen molar-refractivity contribution in [2.45, 2.75) is 24.4 Å². The summed E-state index contributed by atoms with van der Waals surface area (Å²) in [6.45, 7) is 2.50. The molecule has 0 fully saturated rings. The first-order valence-corrected chi connectivity index (χ1v) is 9.96. The van der Waals surface area contributed by atoms with E-state index in [0.29, 0.717) is 18.3 Å². The summed E-state index contributed by atoms with van der Waals surface area (Å²) in [6, 6.07) is 10.4. The van der Waals surface area contributed by atoms with Crippen LogP contribution >= 0.6 is 11.3 Å². The van der Waals surface area contributed by atoms with E-state index < -0.39 is 10.0 Å². The molecule has 3 aromatic rings. The van der Waals surface area contributed by atoms with Crippen LogP contribution in [-0.4, -0.2) is 30.6 Å². The summed E-state index contributed by atoms with van der Waals surface area (Å²) in [6.07, 6.45) is 0. The highest BCUT2D eigenvalue weighted by Crippen LogP contribution is 2.25. The zero-order chi connectivity index (χ0) is 18.0. The van der Waals surface area contributed by atoms with Crippen molar-refractivity contribution in [3.8, 4) is 10.8 Å². The summed E-state index contributed by atoms with van der Waals surface area (Å²) in [5, 5.41) is 15.2. The first kappa shape index (κ1) is 17.7. The van der Waals surface area contributed by atoms with E-state index in [1.54, 1.807) is 23.5 Å². The van der Waals surface area contributed by atoms with Crippen LogP contribution < -0.4 is 5.14 Å². The number of hydrogen-bond acceptors (Lipinski definition) is 7. The maximum absolute atomic E-state index is 11.3. The van der Waals surface area contributed by atoms with E-state index in [1.165, 1.54) is 12.1 Å². The summed E-state index contributed by atoms with van der Waals surface area (Å²) in [7, 11) is -1.74. The number of nitrogens with zero attached hydrogens (tertiary/aromatic N) is 3. The fourth-order valence-corrected chi connectivity index (χ4v) is 3.52. The molecule has 2 N–H and O–H groups in total. The SMILES string of the molecule is CC(c1ccc(S(N)(=O)=O)cc1)N(C)Cc1nnc(-c2cccs2)o1. The quantitative estimate of drug-likeness (QED) is 0.707. The van der Waals surface area contributed by atoms with Crippen LogP contribution in [-0.2, 0) is 16.6 Å². The number of benzene rings is 1. The molecule has 1 aromatic carbocycles. The van der Waals surface area contributed by atoms with Crippen LogP contribution in [0.5, 0.6) is 0 Å². The molecule has 0 spiro atoms. The maximum atomic E-state index is 11.3. The van der Waals surface area contributed by atoms with Crippen LogP contribution in [0.2, 0.25) is 0 Å². The number of hydrogen-bond donors (Lipinski definition) is 1. The number of thiophene rings is 1. The molecule has 3 rings (SSSR count). The number of nitrogens with two attached hydrogens (primary N) is 1. The van der Waals surface area contributed by atoms with Crippen LogP contribution in [0, 0.1) is 0 Å². The Bertz CT molecular complexity index is 934. The molecule has 0 aliphatic rings. The molecular formula is C16H18N4O3S2. The largest absolute Gasteiger partial charge is 0.419 e. The van der Waals surface area contributed by atoms with E-state index in [0.717, 1.165) is 10.4 Å². The lowest BCUT2D eigenvalue weighted by molar-refractivity contribution is 0.228. The third kappa shape index (κ3) is 4.13. The van der Waals surface area contributed by atoms with E-state index >= 15 is 0 Å². The molecule has 0 saturated heterocycles. The second-order valence-electron chi connectivity index (χ2n) is 5.68. The summed E-state index contributed by atoms with van der Waals surface area (Å²) < 4.78 is 28.4. The summed E-state index contributed by atoms with van der Waals surface area (Å²) in [5.74, 6) is 1.04. The average molecular weight is 378 g/mol. The molecule has 0 bridgehead atoms. The standard InChI is InChI=1S/C16H18N4O3S2/c1-11(12-5-7-13(8-6-12)25(17,21)22)20(2)10-15-18-19-16(23-15)14-4-3-9-24-14/h3-9,11H,10H2,1-2H3,(H2,17,21,22). The lowest BCUT2D eigenvalue weighted by Gasteiger charge is -2.23. The Balaban J connectivity index is 1.69. The van der Waals surface area contributed by atoms with Gasteiger partial charge in [0, 0.05) is 6.04 Å². The van der Waals surface area contributed by atoms with Gasteiger partial charge in [0.2, 0.25) is 15.9 Å². The zero-order valence-electron chi connectivity index (χ0n) is 13.8. The van der Waals surface area contributed by atoms with Crippen LogP contribution in [0.25, 0.3) is 10.8 Å². The predicted octanol–water partition coefficient (Wildman–Crippen LogP) is 2.64. The van der Waals surface area contributed by atoms with Gasteiger partial charge in [-0.05, 0) is 43.1 Å². The van der Waals surface area contributed by atoms with Crippen LogP contribution in [0.15, 0.2) is 51.1 Å². The van der Waals surface area contributed by atoms with E-state index in [9.17, 15) is 8.42 Å². The lowest BCUT2D eigenvalue weighted by Crippen LogP contribution is -2.22. The van der Waals surface area contributed by atoms with Crippen molar-refractivity contribution < 1.29 is 12.8 Å². The molecule has 1 unspecified atom stereocenters. The van der Waals surface area contributed by atoms with Crippen molar-refractivity contribution in [2.24, 2.45) is 5.14 Å². The zero-order valence-corrected chi connectivity index (χ0v) is 15.4. The number of aromatic nitrogens is 2. The molecule has 0 radical (unpaired) electrons. The van der Waals surface area contributed by atoms with E-state index in [1.807, 2.05) is 36.4 Å². The molecule has 0 saturated carbocycles. The Morgan fingerprint density at radius 2 is 1.96 bits per heavy atom. The van der Waals surface area contributed by atoms with Gasteiger partial charge in [0.25, 0.3) is 5.89 Å². The second kappa shape index (κ2) is 7.04. The molecule has 2 aromatic heterocycles. The normalized spacial score (nSPS) is 13.3. The maximum Gasteiger partial charge on any atom is 0.257 e. The molecule has 132 valence electrons. The van der Waals surface area contributed by atoms with Crippen molar-refractivity contribution >= 4 is 21.4 Å². The molecule has 0 aliphatic heterocycles. The van der Waals surface area contributed by atoms with Gasteiger partial charge in [-0.1, -0.05) is 18.2 Å². The Labute approximate surface area is 150 Å². The van der Waals surface area contributed by atoms with Gasteiger partial charge in [0.1, 0.15) is 0 Å². The van der Waals surface area contributed by atoms with Gasteiger partial charge in [0.15, 0.2) is 0 Å². The van der Waals surface area contributed by atoms with Gasteiger partial charge in [-0.2, -0.15) is 0 Å². The molecule has 0 aliphatic carbocycles. The number of rotatable bonds is 6. The highest BCUT2D eigenvalue weighted by atomic mass is 32.2. The van der Waals surface area contributed by atoms with Crippen molar-refractivity contribution in [1.82, 2.24) is 15.1 Å². The molecule has 25 heavy (non-hydrogen) atoms. The molecule has 1 atom stereocenters. The van der Waals surface area contributed by atoms with Gasteiger partial charge in [0.05, 0.1) is 16.3 Å². The molecular weight excluding hydrogens is 360 g/mol. The van der Waals surface area contributed by atoms with Gasteiger partial charge >= 0.3 is 0 Å². The highest BCUT2D eigenvalue weighted by Gasteiger charge is 2.17. The minimum absolute atomic E-state index is 0.0339. The average Bonchev–Trinajstić information content (AvgIpc) is 3.24. The minimum atomic E-state index is -3.68. The third-order valence-corrected chi connectivity index (χ3v) is 5.72. The molecule has 2 heterocycles. The van der Waals surface area contributed by atoms with Crippen molar-refractivity contribution in [2.75, 3.05) is 7.05 Å². The minimum Gasteiger partial charge on any atom is -0.419 e. The Hall–Kier alpha value is -2.07. The van der Waals surface area contributed by atoms with Gasteiger partial charge in [-0.25, -0.2) is 13.6 Å². The Morgan fingerprint density at radius 1 is 1.24 bits per heavy atom. The van der Waals surface area contributed by atoms with Crippen LogP contribution in [0.4, 0.5) is 0 Å². The van der Waals surface area contributed by atoms with E-state index in [4.69, 9.17) is 9.56 Å². The molecule has 0 amide bonds. The third-order valence-electron chi connectivity index (χ3n) is 3.94.